The number of hydrogen-bond donors (Lipinski definition) is 2. The summed E-state index contributed by atoms with van der Waals surface area (Å²) in [7, 11) is 1.33. The number of likely N-dealkylation sites (N-methyl/N-ethyl adjacent to an activating group) is 1. The molecule has 432 valence electrons. The SMILES string of the molecule is CCCCCCCCCCCCCCCCCCCCCCCCCCCCCCCC(O)C(COP(=O)([O-])OCC[N+](C)(C)C)NC(=O)CCCCCCCCCCCCCCCCCCCCCCC. The van der Waals surface area contributed by atoms with Crippen LogP contribution in [-0.4, -0.2) is 68.5 Å². The monoisotopic (exact) mass is 1040 g/mol. The van der Waals surface area contributed by atoms with Crippen LogP contribution in [0.4, 0.5) is 0 Å². The zero-order valence-electron chi connectivity index (χ0n) is 49.4. The van der Waals surface area contributed by atoms with Gasteiger partial charge in [0.25, 0.3) is 7.82 Å². The highest BCUT2D eigenvalue weighted by Crippen LogP contribution is 2.38. The van der Waals surface area contributed by atoms with Crippen molar-refractivity contribution in [3.05, 3.63) is 0 Å². The predicted octanol–water partition coefficient (Wildman–Crippen LogP) is 19.4. The molecule has 0 heterocycles. The molecule has 0 radical (unpaired) electrons. The number of carbonyl (C=O) groups is 1. The number of rotatable bonds is 61. The highest BCUT2D eigenvalue weighted by atomic mass is 31.2. The van der Waals surface area contributed by atoms with E-state index in [1.807, 2.05) is 21.1 Å². The molecule has 72 heavy (non-hydrogen) atoms. The third kappa shape index (κ3) is 57.2. The molecule has 0 rings (SSSR count). The number of phosphoric acid groups is 1. The van der Waals surface area contributed by atoms with E-state index < -0.39 is 20.0 Å². The molecule has 0 spiro atoms. The molecule has 0 aliphatic rings. The van der Waals surface area contributed by atoms with Crippen molar-refractivity contribution in [2.24, 2.45) is 0 Å². The second kappa shape index (κ2) is 55.3. The van der Waals surface area contributed by atoms with Crippen molar-refractivity contribution < 1.29 is 32.9 Å². The second-order valence-electron chi connectivity index (χ2n) is 23.8. The van der Waals surface area contributed by atoms with Gasteiger partial charge in [-0.05, 0) is 12.8 Å². The molecule has 0 saturated carbocycles. The van der Waals surface area contributed by atoms with Crippen molar-refractivity contribution in [3.8, 4) is 0 Å². The van der Waals surface area contributed by atoms with Crippen molar-refractivity contribution in [1.82, 2.24) is 5.32 Å². The van der Waals surface area contributed by atoms with Gasteiger partial charge >= 0.3 is 0 Å². The molecule has 0 aliphatic heterocycles. The predicted molar refractivity (Wildman–Crippen MR) is 312 cm³/mol. The van der Waals surface area contributed by atoms with Gasteiger partial charge in [0.1, 0.15) is 13.2 Å². The molecule has 0 aromatic rings. The number of aliphatic hydroxyl groups is 1. The summed E-state index contributed by atoms with van der Waals surface area (Å²) in [4.78, 5) is 25.6. The Kier molecular flexibility index (Phi) is 54.9. The van der Waals surface area contributed by atoms with E-state index in [1.165, 1.54) is 283 Å². The van der Waals surface area contributed by atoms with Crippen molar-refractivity contribution in [2.45, 2.75) is 360 Å². The molecule has 8 nitrogen and oxygen atoms in total. The van der Waals surface area contributed by atoms with Crippen LogP contribution in [0.25, 0.3) is 0 Å². The summed E-state index contributed by atoms with van der Waals surface area (Å²) >= 11 is 0. The van der Waals surface area contributed by atoms with Gasteiger partial charge in [0.2, 0.25) is 5.91 Å². The summed E-state index contributed by atoms with van der Waals surface area (Å²) < 4.78 is 23.5. The van der Waals surface area contributed by atoms with Crippen LogP contribution in [0.1, 0.15) is 348 Å². The van der Waals surface area contributed by atoms with Crippen molar-refractivity contribution in [3.63, 3.8) is 0 Å². The maximum atomic E-state index is 13.0. The first kappa shape index (κ1) is 71.5. The Hall–Kier alpha value is -0.500. The highest BCUT2D eigenvalue weighted by Gasteiger charge is 2.24. The van der Waals surface area contributed by atoms with E-state index in [0.717, 1.165) is 38.5 Å². The summed E-state index contributed by atoms with van der Waals surface area (Å²) in [5.74, 6) is -0.155. The summed E-state index contributed by atoms with van der Waals surface area (Å²) in [6.07, 6.45) is 67.3. The number of aliphatic hydroxyl groups excluding tert-OH is 1. The third-order valence-corrected chi connectivity index (χ3v) is 16.3. The molecule has 3 unspecified atom stereocenters. The van der Waals surface area contributed by atoms with Gasteiger partial charge in [0, 0.05) is 6.42 Å². The normalized spacial score (nSPS) is 13.7. The van der Waals surface area contributed by atoms with Crippen LogP contribution >= 0.6 is 7.82 Å². The van der Waals surface area contributed by atoms with Crippen molar-refractivity contribution in [1.29, 1.82) is 0 Å². The molecule has 2 N–H and O–H groups in total. The Balaban J connectivity index is 4.03. The number of amides is 1. The standard InChI is InChI=1S/C63H129N2O6P/c1-6-8-10-12-14-16-18-20-22-24-26-28-29-30-31-32-33-34-35-37-38-40-42-44-46-48-50-52-54-56-62(66)61(60-71-72(68,69)70-59-58-65(3,4)5)64-63(67)57-55-53-51-49-47-45-43-41-39-36-27-25-23-21-19-17-15-13-11-9-7-2/h61-62,66H,6-60H2,1-5H3,(H-,64,67,68,69). The van der Waals surface area contributed by atoms with E-state index in [-0.39, 0.29) is 19.1 Å². The minimum Gasteiger partial charge on any atom is -0.756 e. The highest BCUT2D eigenvalue weighted by molar-refractivity contribution is 7.45. The lowest BCUT2D eigenvalue weighted by atomic mass is 10.0. The van der Waals surface area contributed by atoms with Crippen LogP contribution in [0.2, 0.25) is 0 Å². The minimum absolute atomic E-state index is 0.0168. The average molecular weight is 1040 g/mol. The Labute approximate surface area is 450 Å². The van der Waals surface area contributed by atoms with E-state index in [4.69, 9.17) is 9.05 Å². The van der Waals surface area contributed by atoms with Crippen LogP contribution in [-0.2, 0) is 18.4 Å². The first-order valence-corrected chi connectivity index (χ1v) is 33.8. The quantitative estimate of drug-likeness (QED) is 0.0357. The third-order valence-electron chi connectivity index (χ3n) is 15.3. The molecular formula is C63H129N2O6P. The molecule has 1 amide bonds. The lowest BCUT2D eigenvalue weighted by Gasteiger charge is -2.30. The maximum Gasteiger partial charge on any atom is 0.268 e. The number of carbonyl (C=O) groups excluding carboxylic acids is 1. The number of hydrogen-bond acceptors (Lipinski definition) is 6. The van der Waals surface area contributed by atoms with Gasteiger partial charge in [0.15, 0.2) is 0 Å². The fraction of sp³-hybridized carbons (Fsp3) is 0.984. The van der Waals surface area contributed by atoms with Crippen LogP contribution in [0.15, 0.2) is 0 Å². The first-order chi connectivity index (χ1) is 35.0. The zero-order chi connectivity index (χ0) is 52.7. The largest absolute Gasteiger partial charge is 0.756 e. The lowest BCUT2D eigenvalue weighted by Crippen LogP contribution is -2.46. The van der Waals surface area contributed by atoms with E-state index in [9.17, 15) is 19.4 Å². The zero-order valence-corrected chi connectivity index (χ0v) is 50.3. The van der Waals surface area contributed by atoms with E-state index in [1.54, 1.807) is 0 Å². The van der Waals surface area contributed by atoms with Gasteiger partial charge < -0.3 is 28.8 Å². The Bertz CT molecular complexity index is 1140. The first-order valence-electron chi connectivity index (χ1n) is 32.4. The summed E-state index contributed by atoms with van der Waals surface area (Å²) in [6, 6.07) is -0.796. The van der Waals surface area contributed by atoms with Gasteiger partial charge in [-0.3, -0.25) is 9.36 Å². The average Bonchev–Trinajstić information content (AvgIpc) is 3.34. The van der Waals surface area contributed by atoms with Crippen LogP contribution in [0, 0.1) is 0 Å². The smallest absolute Gasteiger partial charge is 0.268 e. The molecule has 0 saturated heterocycles. The Morgan fingerprint density at radius 1 is 0.431 bits per heavy atom. The number of nitrogens with one attached hydrogen (secondary N) is 1. The summed E-state index contributed by atoms with van der Waals surface area (Å²) in [6.45, 7) is 4.79. The summed E-state index contributed by atoms with van der Waals surface area (Å²) in [5, 5.41) is 14.1. The molecule has 0 fully saturated rings. The van der Waals surface area contributed by atoms with Crippen molar-refractivity contribution >= 4 is 13.7 Å². The number of unbranched alkanes of at least 4 members (excludes halogenated alkanes) is 48. The van der Waals surface area contributed by atoms with Gasteiger partial charge in [-0.15, -0.1) is 0 Å². The fourth-order valence-corrected chi connectivity index (χ4v) is 11.0. The molecule has 0 aliphatic carbocycles. The van der Waals surface area contributed by atoms with Gasteiger partial charge in [-0.2, -0.15) is 0 Å². The number of quaternary nitrogens is 1. The summed E-state index contributed by atoms with van der Waals surface area (Å²) in [5.41, 5.74) is 0. The minimum atomic E-state index is -4.57. The maximum absolute atomic E-state index is 13.0. The molecule has 9 heteroatoms. The van der Waals surface area contributed by atoms with E-state index >= 15 is 0 Å². The van der Waals surface area contributed by atoms with E-state index in [0.29, 0.717) is 23.9 Å². The molecule has 3 atom stereocenters. The number of nitrogens with zero attached hydrogens (tertiary/aromatic N) is 1. The van der Waals surface area contributed by atoms with Crippen LogP contribution in [0.3, 0.4) is 0 Å². The molecule has 0 aromatic heterocycles. The van der Waals surface area contributed by atoms with Crippen molar-refractivity contribution in [2.75, 3.05) is 40.9 Å². The molecule has 0 aromatic carbocycles. The molecule has 0 bridgehead atoms. The fourth-order valence-electron chi connectivity index (χ4n) is 10.3. The van der Waals surface area contributed by atoms with E-state index in [2.05, 4.69) is 19.2 Å². The second-order valence-corrected chi connectivity index (χ2v) is 25.3. The Morgan fingerprint density at radius 3 is 0.944 bits per heavy atom. The molecular weight excluding hydrogens is 912 g/mol. The Morgan fingerprint density at radius 2 is 0.681 bits per heavy atom. The number of phosphoric ester groups is 1. The van der Waals surface area contributed by atoms with Gasteiger partial charge in [0.05, 0.1) is 39.9 Å². The topological polar surface area (TPSA) is 108 Å². The van der Waals surface area contributed by atoms with Crippen LogP contribution in [0.5, 0.6) is 0 Å². The van der Waals surface area contributed by atoms with Crippen LogP contribution < -0.4 is 10.2 Å². The lowest BCUT2D eigenvalue weighted by molar-refractivity contribution is -0.870. The van der Waals surface area contributed by atoms with Gasteiger partial charge in [-0.25, -0.2) is 0 Å². The van der Waals surface area contributed by atoms with Gasteiger partial charge in [-0.1, -0.05) is 328 Å².